The fourth-order valence-corrected chi connectivity index (χ4v) is 4.15. The van der Waals surface area contributed by atoms with Gasteiger partial charge in [-0.05, 0) is 56.7 Å². The number of rotatable bonds is 8. The Kier molecular flexibility index (Phi) is 6.36. The van der Waals surface area contributed by atoms with Crippen LogP contribution in [0.25, 0.3) is 11.3 Å². The Morgan fingerprint density at radius 2 is 2.04 bits per heavy atom. The van der Waals surface area contributed by atoms with Crippen molar-refractivity contribution in [2.75, 3.05) is 19.5 Å². The van der Waals surface area contributed by atoms with E-state index in [0.29, 0.717) is 17.5 Å². The summed E-state index contributed by atoms with van der Waals surface area (Å²) in [4.78, 5) is 20.2. The van der Waals surface area contributed by atoms with Crippen LogP contribution in [0.3, 0.4) is 0 Å². The second-order valence-corrected chi connectivity index (χ2v) is 7.74. The van der Waals surface area contributed by atoms with Crippen LogP contribution in [0.15, 0.2) is 41.7 Å². The van der Waals surface area contributed by atoms with Gasteiger partial charge < -0.3 is 14.3 Å². The summed E-state index contributed by atoms with van der Waals surface area (Å²) < 4.78 is 20.4. The number of hydrogen-bond donors (Lipinski definition) is 1. The monoisotopic (exact) mass is 401 g/mol. The molecule has 0 fully saturated rings. The van der Waals surface area contributed by atoms with Gasteiger partial charge in [0.25, 0.3) is 0 Å². The first kappa shape index (κ1) is 20.4. The minimum atomic E-state index is -0.277. The summed E-state index contributed by atoms with van der Waals surface area (Å²) in [5, 5.41) is 0.661. The quantitative estimate of drug-likeness (QED) is 0.434. The van der Waals surface area contributed by atoms with Gasteiger partial charge in [0.2, 0.25) is 0 Å². The molecule has 0 spiro atoms. The number of benzene rings is 1. The minimum absolute atomic E-state index is 0.0636. The molecule has 5 nitrogen and oxygen atoms in total. The molecule has 0 unspecified atom stereocenters. The van der Waals surface area contributed by atoms with Gasteiger partial charge in [-0.25, -0.2) is 9.37 Å². The molecule has 28 heavy (non-hydrogen) atoms. The van der Waals surface area contributed by atoms with Gasteiger partial charge >= 0.3 is 0 Å². The van der Waals surface area contributed by atoms with E-state index in [1.54, 1.807) is 25.4 Å². The maximum atomic E-state index is 13.1. The van der Waals surface area contributed by atoms with Crippen LogP contribution >= 0.6 is 11.8 Å². The zero-order chi connectivity index (χ0) is 20.3. The number of nitrogens with zero attached hydrogens (tertiary/aromatic N) is 2. The van der Waals surface area contributed by atoms with Gasteiger partial charge in [0.05, 0.1) is 30.3 Å². The molecule has 1 aromatic carbocycles. The van der Waals surface area contributed by atoms with Crippen LogP contribution in [0.4, 0.5) is 4.39 Å². The van der Waals surface area contributed by atoms with E-state index in [2.05, 4.69) is 21.5 Å². The third-order valence-electron chi connectivity index (χ3n) is 4.68. The van der Waals surface area contributed by atoms with Crippen LogP contribution in [0, 0.1) is 19.7 Å². The summed E-state index contributed by atoms with van der Waals surface area (Å²) in [6.07, 6.45) is 1.69. The van der Waals surface area contributed by atoms with Crippen LogP contribution in [-0.4, -0.2) is 39.8 Å². The highest BCUT2D eigenvalue weighted by Crippen LogP contribution is 2.25. The SMILES string of the molecule is COC[C@@H](C)n1c(C)cc(C(=O)CSc2ncc(-c3ccc(F)cc3)[nH]2)c1C. The molecule has 0 aliphatic carbocycles. The number of methoxy groups -OCH3 is 1. The van der Waals surface area contributed by atoms with Crippen molar-refractivity contribution < 1.29 is 13.9 Å². The molecule has 0 aliphatic rings. The smallest absolute Gasteiger partial charge is 0.175 e. The van der Waals surface area contributed by atoms with Crippen molar-refractivity contribution in [2.24, 2.45) is 0 Å². The van der Waals surface area contributed by atoms with E-state index in [1.165, 1.54) is 23.9 Å². The minimum Gasteiger partial charge on any atom is -0.383 e. The van der Waals surface area contributed by atoms with Crippen molar-refractivity contribution in [1.29, 1.82) is 0 Å². The van der Waals surface area contributed by atoms with E-state index in [1.807, 2.05) is 19.9 Å². The van der Waals surface area contributed by atoms with Crippen LogP contribution in [0.5, 0.6) is 0 Å². The number of Topliss-reactive ketones (excluding diaryl/α,β-unsaturated/α-hetero) is 1. The van der Waals surface area contributed by atoms with Crippen LogP contribution < -0.4 is 0 Å². The Hall–Kier alpha value is -2.38. The number of nitrogens with one attached hydrogen (secondary N) is 1. The highest BCUT2D eigenvalue weighted by molar-refractivity contribution is 7.99. The van der Waals surface area contributed by atoms with E-state index in [0.717, 1.165) is 28.2 Å². The van der Waals surface area contributed by atoms with Gasteiger partial charge in [-0.15, -0.1) is 0 Å². The fraction of sp³-hybridized carbons (Fsp3) is 0.333. The van der Waals surface area contributed by atoms with E-state index in [4.69, 9.17) is 4.74 Å². The Morgan fingerprint density at radius 3 is 2.71 bits per heavy atom. The van der Waals surface area contributed by atoms with Crippen LogP contribution in [-0.2, 0) is 4.74 Å². The van der Waals surface area contributed by atoms with Crippen LogP contribution in [0.1, 0.15) is 34.7 Å². The van der Waals surface area contributed by atoms with E-state index < -0.39 is 0 Å². The first-order valence-corrected chi connectivity index (χ1v) is 10.0. The second-order valence-electron chi connectivity index (χ2n) is 6.78. The third-order valence-corrected chi connectivity index (χ3v) is 5.57. The number of hydrogen-bond acceptors (Lipinski definition) is 4. The summed E-state index contributed by atoms with van der Waals surface area (Å²) in [5.74, 6) is 0.0776. The Morgan fingerprint density at radius 1 is 1.32 bits per heavy atom. The van der Waals surface area contributed by atoms with Gasteiger partial charge in [-0.3, -0.25) is 4.79 Å². The molecule has 0 saturated carbocycles. The second kappa shape index (κ2) is 8.75. The normalized spacial score (nSPS) is 12.3. The number of carbonyl (C=O) groups excluding carboxylic acids is 1. The number of carbonyl (C=O) groups is 1. The summed E-state index contributed by atoms with van der Waals surface area (Å²) in [6.45, 7) is 6.64. The van der Waals surface area contributed by atoms with E-state index in [-0.39, 0.29) is 17.6 Å². The van der Waals surface area contributed by atoms with E-state index in [9.17, 15) is 9.18 Å². The molecule has 3 rings (SSSR count). The molecule has 2 heterocycles. The lowest BCUT2D eigenvalue weighted by molar-refractivity contribution is 0.102. The van der Waals surface area contributed by atoms with Crippen molar-refractivity contribution in [1.82, 2.24) is 14.5 Å². The Balaban J connectivity index is 1.68. The van der Waals surface area contributed by atoms with Crippen LogP contribution in [0.2, 0.25) is 0 Å². The lowest BCUT2D eigenvalue weighted by atomic mass is 10.2. The summed E-state index contributed by atoms with van der Waals surface area (Å²) in [7, 11) is 1.68. The van der Waals surface area contributed by atoms with Gasteiger partial charge in [0.1, 0.15) is 5.82 Å². The average Bonchev–Trinajstić information content (AvgIpc) is 3.25. The number of ketones is 1. The maximum absolute atomic E-state index is 13.1. The highest BCUT2D eigenvalue weighted by Gasteiger charge is 2.19. The number of aryl methyl sites for hydroxylation is 1. The molecule has 0 radical (unpaired) electrons. The number of aromatic nitrogens is 3. The standard InChI is InChI=1S/C21H24FN3O2S/c1-13-9-18(15(3)25(13)14(2)11-27-4)20(26)12-28-21-23-10-19(24-21)16-5-7-17(22)8-6-16/h5-10,14H,11-12H2,1-4H3,(H,23,24)/t14-/m1/s1. The first-order chi connectivity index (χ1) is 13.4. The zero-order valence-corrected chi connectivity index (χ0v) is 17.3. The third kappa shape index (κ3) is 4.36. The molecule has 0 amide bonds. The van der Waals surface area contributed by atoms with Gasteiger partial charge in [-0.2, -0.15) is 0 Å². The topological polar surface area (TPSA) is 59.9 Å². The average molecular weight is 402 g/mol. The van der Waals surface area contributed by atoms with Gasteiger partial charge in [0.15, 0.2) is 10.9 Å². The summed E-state index contributed by atoms with van der Waals surface area (Å²) >= 11 is 1.36. The fourth-order valence-electron chi connectivity index (χ4n) is 3.42. The van der Waals surface area contributed by atoms with E-state index >= 15 is 0 Å². The molecule has 0 aliphatic heterocycles. The predicted octanol–water partition coefficient (Wildman–Crippen LogP) is 4.82. The Bertz CT molecular complexity index is 963. The molecule has 1 N–H and O–H groups in total. The maximum Gasteiger partial charge on any atom is 0.175 e. The molecular formula is C21H24FN3O2S. The Labute approximate surface area is 168 Å². The number of imidazole rings is 1. The van der Waals surface area contributed by atoms with Gasteiger partial charge in [0, 0.05) is 24.1 Å². The summed E-state index contributed by atoms with van der Waals surface area (Å²) in [6, 6.07) is 8.32. The molecule has 1 atom stereocenters. The molecule has 2 aromatic heterocycles. The van der Waals surface area contributed by atoms with Crippen molar-refractivity contribution in [3.05, 3.63) is 59.3 Å². The largest absolute Gasteiger partial charge is 0.383 e. The molecule has 0 saturated heterocycles. The zero-order valence-electron chi connectivity index (χ0n) is 16.5. The van der Waals surface area contributed by atoms with Crippen molar-refractivity contribution in [2.45, 2.75) is 32.0 Å². The molecule has 7 heteroatoms. The molecule has 3 aromatic rings. The summed E-state index contributed by atoms with van der Waals surface area (Å²) in [5.41, 5.74) is 4.38. The van der Waals surface area contributed by atoms with Gasteiger partial charge in [-0.1, -0.05) is 11.8 Å². The number of ether oxygens (including phenoxy) is 1. The molecular weight excluding hydrogens is 377 g/mol. The lowest BCUT2D eigenvalue weighted by Crippen LogP contribution is -2.14. The van der Waals surface area contributed by atoms with Crippen molar-refractivity contribution in [3.8, 4) is 11.3 Å². The van der Waals surface area contributed by atoms with Crippen molar-refractivity contribution in [3.63, 3.8) is 0 Å². The molecule has 148 valence electrons. The number of aromatic amines is 1. The number of halogens is 1. The molecule has 0 bridgehead atoms. The lowest BCUT2D eigenvalue weighted by Gasteiger charge is -2.17. The highest BCUT2D eigenvalue weighted by atomic mass is 32.2. The number of H-pyrrole nitrogens is 1. The van der Waals surface area contributed by atoms with Crippen molar-refractivity contribution >= 4 is 17.5 Å². The first-order valence-electron chi connectivity index (χ1n) is 9.05. The number of thioether (sulfide) groups is 1. The predicted molar refractivity (Wildman–Crippen MR) is 110 cm³/mol.